The number of hydrogen-bond donors (Lipinski definition) is 2. The average molecular weight is 413 g/mol. The van der Waals surface area contributed by atoms with Crippen molar-refractivity contribution in [1.82, 2.24) is 0 Å². The third-order valence-corrected chi connectivity index (χ3v) is 5.96. The Balaban J connectivity index is 1.61. The lowest BCUT2D eigenvalue weighted by molar-refractivity contribution is -0.142. The minimum Gasteiger partial charge on any atom is -0.464 e. The Bertz CT molecular complexity index is 825. The fraction of sp³-hybridized carbons (Fsp3) is 0.458. The van der Waals surface area contributed by atoms with Crippen LogP contribution in [0.4, 0.5) is 11.4 Å². The van der Waals surface area contributed by atoms with Gasteiger partial charge in [-0.15, -0.1) is 0 Å². The molecule has 6 heteroatoms. The molecule has 6 nitrogen and oxygen atoms in total. The summed E-state index contributed by atoms with van der Waals surface area (Å²) in [5.41, 5.74) is 3.95. The van der Waals surface area contributed by atoms with Crippen molar-refractivity contribution < 1.29 is 19.7 Å². The number of aliphatic hydroxyl groups is 2. The van der Waals surface area contributed by atoms with Gasteiger partial charge in [0.1, 0.15) is 6.61 Å². The maximum Gasteiger partial charge on any atom is 0.305 e. The standard InChI is InChI=1S/C24H32N2O4/c1-5-20(27)30-15-14-26(4)19-12-8-17(9-13-19)22-23(28)21(24(22)29)16-6-10-18(11-7-16)25(2)3/h6-13,21-24,28-29H,5,14-15H2,1-4H3. The van der Waals surface area contributed by atoms with Crippen molar-refractivity contribution in [1.29, 1.82) is 0 Å². The van der Waals surface area contributed by atoms with Crippen LogP contribution in [0.3, 0.4) is 0 Å². The zero-order chi connectivity index (χ0) is 21.8. The third-order valence-electron chi connectivity index (χ3n) is 5.96. The van der Waals surface area contributed by atoms with Crippen molar-refractivity contribution in [3.63, 3.8) is 0 Å². The molecule has 0 radical (unpaired) electrons. The van der Waals surface area contributed by atoms with Crippen LogP contribution in [0.15, 0.2) is 48.5 Å². The number of rotatable bonds is 8. The number of hydrogen-bond acceptors (Lipinski definition) is 6. The van der Waals surface area contributed by atoms with Crippen molar-refractivity contribution >= 4 is 17.3 Å². The van der Waals surface area contributed by atoms with E-state index in [2.05, 4.69) is 0 Å². The summed E-state index contributed by atoms with van der Waals surface area (Å²) in [6.07, 6.45) is -0.866. The maximum atomic E-state index is 11.2. The highest BCUT2D eigenvalue weighted by Crippen LogP contribution is 2.48. The largest absolute Gasteiger partial charge is 0.464 e. The molecule has 1 aliphatic carbocycles. The van der Waals surface area contributed by atoms with Gasteiger partial charge in [0, 0.05) is 50.8 Å². The molecule has 30 heavy (non-hydrogen) atoms. The van der Waals surface area contributed by atoms with Crippen LogP contribution in [-0.2, 0) is 9.53 Å². The summed E-state index contributed by atoms with van der Waals surface area (Å²) in [6, 6.07) is 15.8. The lowest BCUT2D eigenvalue weighted by Gasteiger charge is -2.47. The van der Waals surface area contributed by atoms with E-state index >= 15 is 0 Å². The van der Waals surface area contributed by atoms with Crippen LogP contribution < -0.4 is 9.80 Å². The van der Waals surface area contributed by atoms with Gasteiger partial charge in [-0.1, -0.05) is 31.2 Å². The van der Waals surface area contributed by atoms with Crippen molar-refractivity contribution in [2.75, 3.05) is 44.1 Å². The van der Waals surface area contributed by atoms with Gasteiger partial charge in [0.15, 0.2) is 0 Å². The molecule has 2 N–H and O–H groups in total. The molecule has 2 unspecified atom stereocenters. The zero-order valence-electron chi connectivity index (χ0n) is 18.2. The van der Waals surface area contributed by atoms with Gasteiger partial charge in [0.2, 0.25) is 0 Å². The molecule has 3 rings (SSSR count). The molecule has 0 heterocycles. The molecule has 1 aliphatic rings. The molecule has 0 aliphatic heterocycles. The van der Waals surface area contributed by atoms with E-state index < -0.39 is 12.2 Å². The number of carbonyl (C=O) groups is 1. The van der Waals surface area contributed by atoms with Crippen LogP contribution in [0, 0.1) is 0 Å². The molecule has 2 aromatic carbocycles. The van der Waals surface area contributed by atoms with Crippen molar-refractivity contribution in [2.45, 2.75) is 37.4 Å². The molecule has 2 atom stereocenters. The SMILES string of the molecule is CCC(=O)OCCN(C)c1ccc(C2C(O)C(c3ccc(N(C)C)cc3)C2O)cc1. The van der Waals surface area contributed by atoms with Gasteiger partial charge in [-0.3, -0.25) is 4.79 Å². The predicted octanol–water partition coefficient (Wildman–Crippen LogP) is 2.74. The van der Waals surface area contributed by atoms with Crippen LogP contribution >= 0.6 is 0 Å². The minimum absolute atomic E-state index is 0.197. The number of nitrogens with zero attached hydrogens (tertiary/aromatic N) is 2. The lowest BCUT2D eigenvalue weighted by atomic mass is 9.63. The zero-order valence-corrected chi connectivity index (χ0v) is 18.2. The molecule has 0 amide bonds. The highest BCUT2D eigenvalue weighted by Gasteiger charge is 2.50. The topological polar surface area (TPSA) is 73.2 Å². The number of ether oxygens (including phenoxy) is 1. The number of esters is 1. The summed E-state index contributed by atoms with van der Waals surface area (Å²) in [5.74, 6) is -0.771. The molecule has 0 saturated heterocycles. The van der Waals surface area contributed by atoms with Crippen LogP contribution in [0.2, 0.25) is 0 Å². The Labute approximate surface area is 178 Å². The van der Waals surface area contributed by atoms with Gasteiger partial charge >= 0.3 is 5.97 Å². The summed E-state index contributed by atoms with van der Waals surface area (Å²) < 4.78 is 5.12. The first kappa shape index (κ1) is 22.1. The first-order chi connectivity index (χ1) is 14.3. The van der Waals surface area contributed by atoms with Crippen LogP contribution in [0.5, 0.6) is 0 Å². The van der Waals surface area contributed by atoms with E-state index in [1.54, 1.807) is 6.92 Å². The predicted molar refractivity (Wildman–Crippen MR) is 119 cm³/mol. The quantitative estimate of drug-likeness (QED) is 0.650. The highest BCUT2D eigenvalue weighted by atomic mass is 16.5. The Morgan fingerprint density at radius 1 is 0.867 bits per heavy atom. The maximum absolute atomic E-state index is 11.2. The second-order valence-electron chi connectivity index (χ2n) is 8.11. The van der Waals surface area contributed by atoms with Crippen molar-refractivity contribution in [3.05, 3.63) is 59.7 Å². The number of carbonyl (C=O) groups excluding carboxylic acids is 1. The molecular weight excluding hydrogens is 380 g/mol. The van der Waals surface area contributed by atoms with Gasteiger partial charge in [-0.25, -0.2) is 0 Å². The summed E-state index contributed by atoms with van der Waals surface area (Å²) in [5, 5.41) is 21.5. The number of likely N-dealkylation sites (N-methyl/N-ethyl adjacent to an activating group) is 1. The van der Waals surface area contributed by atoms with Gasteiger partial charge in [-0.05, 0) is 35.4 Å². The van der Waals surface area contributed by atoms with E-state index in [0.29, 0.717) is 19.6 Å². The fourth-order valence-electron chi connectivity index (χ4n) is 3.97. The Morgan fingerprint density at radius 2 is 1.33 bits per heavy atom. The Morgan fingerprint density at radius 3 is 1.77 bits per heavy atom. The lowest BCUT2D eigenvalue weighted by Crippen LogP contribution is -2.51. The van der Waals surface area contributed by atoms with Gasteiger partial charge < -0.3 is 24.7 Å². The number of aliphatic hydroxyl groups excluding tert-OH is 2. The summed E-state index contributed by atoms with van der Waals surface area (Å²) >= 11 is 0. The molecule has 2 aromatic rings. The first-order valence-electron chi connectivity index (χ1n) is 10.4. The summed E-state index contributed by atoms with van der Waals surface area (Å²) in [7, 11) is 5.91. The molecule has 0 spiro atoms. The third kappa shape index (κ3) is 4.60. The van der Waals surface area contributed by atoms with E-state index in [4.69, 9.17) is 4.74 Å². The molecule has 1 fully saturated rings. The second kappa shape index (κ2) is 9.49. The molecule has 1 saturated carbocycles. The normalized spacial score (nSPS) is 22.9. The minimum atomic E-state index is -0.623. The molecule has 0 aromatic heterocycles. The highest BCUT2D eigenvalue weighted by molar-refractivity contribution is 5.68. The van der Waals surface area contributed by atoms with E-state index in [1.807, 2.05) is 79.5 Å². The Hall–Kier alpha value is -2.57. The molecule has 0 bridgehead atoms. The smallest absolute Gasteiger partial charge is 0.305 e. The second-order valence-corrected chi connectivity index (χ2v) is 8.11. The van der Waals surface area contributed by atoms with Crippen LogP contribution in [0.1, 0.15) is 36.3 Å². The Kier molecular flexibility index (Phi) is 7.00. The van der Waals surface area contributed by atoms with Crippen LogP contribution in [-0.4, -0.2) is 62.7 Å². The van der Waals surface area contributed by atoms with Gasteiger partial charge in [0.25, 0.3) is 0 Å². The van der Waals surface area contributed by atoms with Gasteiger partial charge in [0.05, 0.1) is 18.8 Å². The summed E-state index contributed by atoms with van der Waals surface area (Å²) in [4.78, 5) is 15.3. The average Bonchev–Trinajstić information content (AvgIpc) is 2.74. The fourth-order valence-corrected chi connectivity index (χ4v) is 3.97. The van der Waals surface area contributed by atoms with Crippen molar-refractivity contribution in [3.8, 4) is 0 Å². The monoisotopic (exact) mass is 412 g/mol. The van der Waals surface area contributed by atoms with Gasteiger partial charge in [-0.2, -0.15) is 0 Å². The van der Waals surface area contributed by atoms with E-state index in [9.17, 15) is 15.0 Å². The van der Waals surface area contributed by atoms with E-state index in [-0.39, 0.29) is 17.8 Å². The molecule has 162 valence electrons. The van der Waals surface area contributed by atoms with Crippen molar-refractivity contribution in [2.24, 2.45) is 0 Å². The van der Waals surface area contributed by atoms with E-state index in [1.165, 1.54) is 0 Å². The first-order valence-corrected chi connectivity index (χ1v) is 10.4. The van der Waals surface area contributed by atoms with Crippen LogP contribution in [0.25, 0.3) is 0 Å². The van der Waals surface area contributed by atoms with E-state index in [0.717, 1.165) is 22.5 Å². The molecular formula is C24H32N2O4. The number of anilines is 2. The summed E-state index contributed by atoms with van der Waals surface area (Å²) in [6.45, 7) is 2.72. The number of benzene rings is 2.